The number of anilines is 1. The molecule has 78 valence electrons. The number of carbonyl (C=O) groups is 1. The molecule has 0 saturated carbocycles. The van der Waals surface area contributed by atoms with Crippen molar-refractivity contribution in [3.8, 4) is 6.07 Å². The number of nitrogens with one attached hydrogen (secondary N) is 1. The number of hydrogen-bond donors (Lipinski definition) is 2. The fourth-order valence-electron chi connectivity index (χ4n) is 1.19. The zero-order valence-corrected chi connectivity index (χ0v) is 8.53. The van der Waals surface area contributed by atoms with Gasteiger partial charge in [-0.2, -0.15) is 5.26 Å². The summed E-state index contributed by atoms with van der Waals surface area (Å²) in [4.78, 5) is 10.9. The van der Waals surface area contributed by atoms with E-state index in [4.69, 9.17) is 11.0 Å². The Labute approximate surface area is 88.7 Å². The van der Waals surface area contributed by atoms with Crippen LogP contribution in [0.2, 0.25) is 0 Å². The fraction of sp³-hybridized carbons (Fsp3) is 0.273. The normalized spacial score (nSPS) is 11.5. The fourth-order valence-corrected chi connectivity index (χ4v) is 1.19. The number of rotatable bonds is 4. The molecule has 1 amide bonds. The molecule has 4 heteroatoms. The van der Waals surface area contributed by atoms with Crippen molar-refractivity contribution in [2.24, 2.45) is 5.73 Å². The van der Waals surface area contributed by atoms with Gasteiger partial charge in [-0.3, -0.25) is 4.79 Å². The predicted octanol–water partition coefficient (Wildman–Crippen LogP) is 1.50. The first-order valence-electron chi connectivity index (χ1n) is 4.73. The van der Waals surface area contributed by atoms with E-state index in [2.05, 4.69) is 11.4 Å². The van der Waals surface area contributed by atoms with Gasteiger partial charge in [0.2, 0.25) is 5.91 Å². The van der Waals surface area contributed by atoms with E-state index in [0.29, 0.717) is 12.0 Å². The number of hydrogen-bond acceptors (Lipinski definition) is 3. The number of nitrogens with two attached hydrogens (primary N) is 1. The maximum Gasteiger partial charge on any atom is 0.248 e. The van der Waals surface area contributed by atoms with Gasteiger partial charge in [0.25, 0.3) is 0 Å². The molecule has 0 spiro atoms. The van der Waals surface area contributed by atoms with Crippen LogP contribution < -0.4 is 11.1 Å². The van der Waals surface area contributed by atoms with E-state index in [-0.39, 0.29) is 6.04 Å². The van der Waals surface area contributed by atoms with Crippen LogP contribution in [0, 0.1) is 11.3 Å². The molecule has 1 unspecified atom stereocenters. The van der Waals surface area contributed by atoms with E-state index in [9.17, 15) is 4.79 Å². The highest BCUT2D eigenvalue weighted by molar-refractivity contribution is 5.93. The molecule has 15 heavy (non-hydrogen) atoms. The van der Waals surface area contributed by atoms with Gasteiger partial charge in [-0.25, -0.2) is 0 Å². The first-order valence-corrected chi connectivity index (χ1v) is 4.73. The predicted molar refractivity (Wildman–Crippen MR) is 58.3 cm³/mol. The summed E-state index contributed by atoms with van der Waals surface area (Å²) >= 11 is 0. The van der Waals surface area contributed by atoms with Crippen LogP contribution >= 0.6 is 0 Å². The summed E-state index contributed by atoms with van der Waals surface area (Å²) in [7, 11) is 0. The standard InChI is InChI=1S/C11H13N3O/c1-2-9(7-12)14-10-5-3-4-8(6-10)11(13)15/h3-6,9,14H,2H2,1H3,(H2,13,15). The molecule has 4 nitrogen and oxygen atoms in total. The van der Waals surface area contributed by atoms with Gasteiger partial charge in [-0.15, -0.1) is 0 Å². The zero-order chi connectivity index (χ0) is 11.3. The Bertz CT molecular complexity index is 395. The zero-order valence-electron chi connectivity index (χ0n) is 8.53. The molecule has 1 rings (SSSR count). The molecule has 0 aliphatic rings. The van der Waals surface area contributed by atoms with Gasteiger partial charge in [0.15, 0.2) is 0 Å². The number of benzene rings is 1. The first-order chi connectivity index (χ1) is 7.17. The van der Waals surface area contributed by atoms with E-state index in [1.807, 2.05) is 6.92 Å². The summed E-state index contributed by atoms with van der Waals surface area (Å²) in [6, 6.07) is 8.69. The molecule has 0 saturated heterocycles. The largest absolute Gasteiger partial charge is 0.370 e. The number of carbonyl (C=O) groups excluding carboxylic acids is 1. The Hall–Kier alpha value is -2.02. The quantitative estimate of drug-likeness (QED) is 0.778. The smallest absolute Gasteiger partial charge is 0.248 e. The van der Waals surface area contributed by atoms with E-state index < -0.39 is 5.91 Å². The lowest BCUT2D eigenvalue weighted by Gasteiger charge is -2.10. The van der Waals surface area contributed by atoms with Crippen LogP contribution in [0.25, 0.3) is 0 Å². The van der Waals surface area contributed by atoms with Crippen molar-refractivity contribution in [1.82, 2.24) is 0 Å². The maximum absolute atomic E-state index is 10.9. The molecule has 1 atom stereocenters. The monoisotopic (exact) mass is 203 g/mol. The van der Waals surface area contributed by atoms with Gasteiger partial charge in [0.1, 0.15) is 6.04 Å². The summed E-state index contributed by atoms with van der Waals surface area (Å²) in [5.41, 5.74) is 6.32. The molecule has 3 N–H and O–H groups in total. The summed E-state index contributed by atoms with van der Waals surface area (Å²) in [5.74, 6) is -0.469. The summed E-state index contributed by atoms with van der Waals surface area (Å²) in [6.45, 7) is 1.92. The molecule has 0 fully saturated rings. The third-order valence-electron chi connectivity index (χ3n) is 2.05. The lowest BCUT2D eigenvalue weighted by molar-refractivity contribution is 0.100. The Morgan fingerprint density at radius 2 is 2.40 bits per heavy atom. The number of nitriles is 1. The van der Waals surface area contributed by atoms with Gasteiger partial charge in [0, 0.05) is 11.3 Å². The van der Waals surface area contributed by atoms with Crippen LogP contribution in [0.15, 0.2) is 24.3 Å². The van der Waals surface area contributed by atoms with Crippen LogP contribution in [0.5, 0.6) is 0 Å². The Morgan fingerprint density at radius 3 is 2.93 bits per heavy atom. The Kier molecular flexibility index (Phi) is 3.69. The molecular weight excluding hydrogens is 190 g/mol. The van der Waals surface area contributed by atoms with E-state index >= 15 is 0 Å². The summed E-state index contributed by atoms with van der Waals surface area (Å²) in [6.07, 6.45) is 0.706. The van der Waals surface area contributed by atoms with Crippen LogP contribution in [0.3, 0.4) is 0 Å². The van der Waals surface area contributed by atoms with Crippen LogP contribution in [-0.2, 0) is 0 Å². The Morgan fingerprint density at radius 1 is 1.67 bits per heavy atom. The second-order valence-corrected chi connectivity index (χ2v) is 3.18. The third kappa shape index (κ3) is 2.99. The number of primary amides is 1. The van der Waals surface area contributed by atoms with Gasteiger partial charge in [-0.1, -0.05) is 13.0 Å². The van der Waals surface area contributed by atoms with Crippen molar-refractivity contribution in [2.75, 3.05) is 5.32 Å². The van der Waals surface area contributed by atoms with Gasteiger partial charge in [0.05, 0.1) is 6.07 Å². The highest BCUT2D eigenvalue weighted by Gasteiger charge is 2.05. The number of amides is 1. The van der Waals surface area contributed by atoms with Crippen molar-refractivity contribution in [3.05, 3.63) is 29.8 Å². The molecule has 1 aromatic rings. The molecule has 0 aliphatic carbocycles. The van der Waals surface area contributed by atoms with Crippen LogP contribution in [0.1, 0.15) is 23.7 Å². The minimum absolute atomic E-state index is 0.242. The Balaban J connectivity index is 2.83. The third-order valence-corrected chi connectivity index (χ3v) is 2.05. The minimum Gasteiger partial charge on any atom is -0.370 e. The maximum atomic E-state index is 10.9. The van der Waals surface area contributed by atoms with Gasteiger partial charge < -0.3 is 11.1 Å². The molecule has 0 aromatic heterocycles. The van der Waals surface area contributed by atoms with Crippen molar-refractivity contribution in [1.29, 1.82) is 5.26 Å². The molecule has 1 aromatic carbocycles. The lowest BCUT2D eigenvalue weighted by Crippen LogP contribution is -2.16. The summed E-state index contributed by atoms with van der Waals surface area (Å²) in [5, 5.41) is 11.8. The summed E-state index contributed by atoms with van der Waals surface area (Å²) < 4.78 is 0. The van der Waals surface area contributed by atoms with Crippen LogP contribution in [0.4, 0.5) is 5.69 Å². The van der Waals surface area contributed by atoms with Crippen LogP contribution in [-0.4, -0.2) is 11.9 Å². The van der Waals surface area contributed by atoms with Crippen molar-refractivity contribution in [3.63, 3.8) is 0 Å². The lowest BCUT2D eigenvalue weighted by atomic mass is 10.1. The highest BCUT2D eigenvalue weighted by atomic mass is 16.1. The van der Waals surface area contributed by atoms with Crippen molar-refractivity contribution < 1.29 is 4.79 Å². The average Bonchev–Trinajstić information content (AvgIpc) is 2.26. The molecule has 0 radical (unpaired) electrons. The molecule has 0 aliphatic heterocycles. The topological polar surface area (TPSA) is 78.9 Å². The van der Waals surface area contributed by atoms with Gasteiger partial charge >= 0.3 is 0 Å². The average molecular weight is 203 g/mol. The molecule has 0 bridgehead atoms. The second-order valence-electron chi connectivity index (χ2n) is 3.18. The first kappa shape index (κ1) is 11.1. The van der Waals surface area contributed by atoms with Gasteiger partial charge in [-0.05, 0) is 24.6 Å². The number of nitrogens with zero attached hydrogens (tertiary/aromatic N) is 1. The van der Waals surface area contributed by atoms with Crippen molar-refractivity contribution >= 4 is 11.6 Å². The van der Waals surface area contributed by atoms with E-state index in [1.54, 1.807) is 24.3 Å². The SMILES string of the molecule is CCC(C#N)Nc1cccc(C(N)=O)c1. The second kappa shape index (κ2) is 5.01. The van der Waals surface area contributed by atoms with E-state index in [0.717, 1.165) is 5.69 Å². The minimum atomic E-state index is -0.469. The van der Waals surface area contributed by atoms with E-state index in [1.165, 1.54) is 0 Å². The highest BCUT2D eigenvalue weighted by Crippen LogP contribution is 2.12. The van der Waals surface area contributed by atoms with Crippen molar-refractivity contribution in [2.45, 2.75) is 19.4 Å². The molecular formula is C11H13N3O. The molecule has 0 heterocycles.